The lowest BCUT2D eigenvalue weighted by molar-refractivity contribution is -0.121. The number of piperidine rings is 1. The third-order valence-corrected chi connectivity index (χ3v) is 6.27. The van der Waals surface area contributed by atoms with E-state index in [4.69, 9.17) is 0 Å². The summed E-state index contributed by atoms with van der Waals surface area (Å²) in [4.78, 5) is 15.2. The van der Waals surface area contributed by atoms with Gasteiger partial charge in [0, 0.05) is 38.5 Å². The maximum atomic E-state index is 12.8. The molecule has 3 aromatic carbocycles. The molecule has 0 bridgehead atoms. The number of aliphatic hydroxyl groups excluding tert-OH is 1. The van der Waals surface area contributed by atoms with E-state index < -0.39 is 0 Å². The van der Waals surface area contributed by atoms with Crippen molar-refractivity contribution in [2.45, 2.75) is 44.4 Å². The van der Waals surface area contributed by atoms with Gasteiger partial charge in [-0.2, -0.15) is 0 Å². The number of hydrogen-bond donors (Lipinski definition) is 2. The lowest BCUT2D eigenvalue weighted by Gasteiger charge is -2.29. The highest BCUT2D eigenvalue weighted by molar-refractivity contribution is 5.77. The third-order valence-electron chi connectivity index (χ3n) is 6.27. The molecule has 1 aliphatic heterocycles. The van der Waals surface area contributed by atoms with E-state index in [1.165, 1.54) is 5.56 Å². The van der Waals surface area contributed by atoms with Gasteiger partial charge in [-0.25, -0.2) is 0 Å². The molecule has 3 aromatic rings. The van der Waals surface area contributed by atoms with Gasteiger partial charge in [-0.15, -0.1) is 0 Å². The van der Waals surface area contributed by atoms with Gasteiger partial charge < -0.3 is 10.4 Å². The topological polar surface area (TPSA) is 52.6 Å². The van der Waals surface area contributed by atoms with E-state index in [2.05, 4.69) is 58.7 Å². The Morgan fingerprint density at radius 2 is 1.38 bits per heavy atom. The number of nitrogens with one attached hydrogen (secondary N) is 1. The first-order chi connectivity index (χ1) is 15.7. The lowest BCUT2D eigenvalue weighted by atomic mass is 9.88. The van der Waals surface area contributed by atoms with E-state index in [1.54, 1.807) is 0 Å². The van der Waals surface area contributed by atoms with E-state index in [9.17, 15) is 9.90 Å². The van der Waals surface area contributed by atoms with Crippen LogP contribution in [-0.2, 0) is 17.9 Å². The quantitative estimate of drug-likeness (QED) is 0.556. The largest absolute Gasteiger partial charge is 0.393 e. The predicted molar refractivity (Wildman–Crippen MR) is 128 cm³/mol. The maximum Gasteiger partial charge on any atom is 0.221 e. The third kappa shape index (κ3) is 6.28. The summed E-state index contributed by atoms with van der Waals surface area (Å²) in [6.45, 7) is 3.34. The smallest absolute Gasteiger partial charge is 0.221 e. The average Bonchev–Trinajstić information content (AvgIpc) is 2.84. The summed E-state index contributed by atoms with van der Waals surface area (Å²) in [5.41, 5.74) is 4.68. The van der Waals surface area contributed by atoms with Crippen LogP contribution in [-0.4, -0.2) is 35.1 Å². The zero-order chi connectivity index (χ0) is 22.2. The molecule has 1 saturated heterocycles. The van der Waals surface area contributed by atoms with Crippen molar-refractivity contribution < 1.29 is 9.90 Å². The van der Waals surface area contributed by atoms with Gasteiger partial charge >= 0.3 is 0 Å². The Labute approximate surface area is 190 Å². The molecule has 0 saturated carbocycles. The number of rotatable bonds is 8. The van der Waals surface area contributed by atoms with Crippen molar-refractivity contribution in [3.05, 3.63) is 107 Å². The standard InChI is InChI=1S/C28H32N2O2/c31-26-15-17-30(18-16-26)21-23-13-11-22(12-14-23)20-29-28(32)19-27(24-7-3-1-4-8-24)25-9-5-2-6-10-25/h1-14,26-27,31H,15-21H2,(H,29,32). The number of benzene rings is 3. The van der Waals surface area contributed by atoms with Crippen LogP contribution in [0.15, 0.2) is 84.9 Å². The fraction of sp³-hybridized carbons (Fsp3) is 0.321. The molecule has 1 fully saturated rings. The SMILES string of the molecule is O=C(CC(c1ccccc1)c1ccccc1)NCc1ccc(CN2CCC(O)CC2)cc1. The van der Waals surface area contributed by atoms with E-state index in [0.717, 1.165) is 49.2 Å². The Balaban J connectivity index is 1.31. The van der Waals surface area contributed by atoms with Crippen LogP contribution in [0.25, 0.3) is 0 Å². The van der Waals surface area contributed by atoms with Gasteiger partial charge in [-0.05, 0) is 35.1 Å². The number of nitrogens with zero attached hydrogens (tertiary/aromatic N) is 1. The summed E-state index contributed by atoms with van der Waals surface area (Å²) in [5.74, 6) is 0.0986. The number of carbonyl (C=O) groups is 1. The van der Waals surface area contributed by atoms with Crippen molar-refractivity contribution in [1.82, 2.24) is 10.2 Å². The van der Waals surface area contributed by atoms with Crippen molar-refractivity contribution in [3.63, 3.8) is 0 Å². The van der Waals surface area contributed by atoms with E-state index >= 15 is 0 Å². The molecule has 166 valence electrons. The number of aliphatic hydroxyl groups is 1. The minimum atomic E-state index is -0.138. The molecule has 2 N–H and O–H groups in total. The molecular formula is C28H32N2O2. The molecule has 4 rings (SSSR count). The first-order valence-electron chi connectivity index (χ1n) is 11.5. The van der Waals surface area contributed by atoms with Crippen molar-refractivity contribution in [2.75, 3.05) is 13.1 Å². The number of amides is 1. The fourth-order valence-electron chi connectivity index (χ4n) is 4.36. The van der Waals surface area contributed by atoms with Crippen LogP contribution in [0.5, 0.6) is 0 Å². The van der Waals surface area contributed by atoms with Crippen LogP contribution >= 0.6 is 0 Å². The highest BCUT2D eigenvalue weighted by Crippen LogP contribution is 2.27. The molecular weight excluding hydrogens is 396 g/mol. The Morgan fingerprint density at radius 1 is 0.844 bits per heavy atom. The summed E-state index contributed by atoms with van der Waals surface area (Å²) < 4.78 is 0. The normalized spacial score (nSPS) is 15.1. The Morgan fingerprint density at radius 3 is 1.94 bits per heavy atom. The molecule has 0 aromatic heterocycles. The van der Waals surface area contributed by atoms with Crippen LogP contribution < -0.4 is 5.32 Å². The first-order valence-corrected chi connectivity index (χ1v) is 11.5. The molecule has 0 radical (unpaired) electrons. The number of carbonyl (C=O) groups excluding carboxylic acids is 1. The lowest BCUT2D eigenvalue weighted by Crippen LogP contribution is -2.35. The van der Waals surface area contributed by atoms with Gasteiger partial charge in [0.25, 0.3) is 0 Å². The van der Waals surface area contributed by atoms with E-state index in [1.807, 2.05) is 36.4 Å². The second kappa shape index (κ2) is 11.1. The molecule has 0 atom stereocenters. The van der Waals surface area contributed by atoms with Crippen LogP contribution in [0.4, 0.5) is 0 Å². The monoisotopic (exact) mass is 428 g/mol. The van der Waals surface area contributed by atoms with E-state index in [0.29, 0.717) is 13.0 Å². The molecule has 0 unspecified atom stereocenters. The Kier molecular flexibility index (Phi) is 7.70. The minimum absolute atomic E-state index is 0.0443. The molecule has 4 heteroatoms. The molecule has 1 heterocycles. The molecule has 0 spiro atoms. The Bertz CT molecular complexity index is 926. The highest BCUT2D eigenvalue weighted by Gasteiger charge is 2.18. The van der Waals surface area contributed by atoms with Gasteiger partial charge in [0.15, 0.2) is 0 Å². The van der Waals surface area contributed by atoms with Crippen molar-refractivity contribution in [3.8, 4) is 0 Å². The predicted octanol–water partition coefficient (Wildman–Crippen LogP) is 4.48. The van der Waals surface area contributed by atoms with Crippen LogP contribution in [0.2, 0.25) is 0 Å². The van der Waals surface area contributed by atoms with Gasteiger partial charge in [0.2, 0.25) is 5.91 Å². The summed E-state index contributed by atoms with van der Waals surface area (Å²) in [6.07, 6.45) is 2.00. The first kappa shape index (κ1) is 22.3. The summed E-state index contributed by atoms with van der Waals surface area (Å²) in [5, 5.41) is 12.8. The van der Waals surface area contributed by atoms with Gasteiger partial charge in [-0.3, -0.25) is 9.69 Å². The summed E-state index contributed by atoms with van der Waals surface area (Å²) in [7, 11) is 0. The van der Waals surface area contributed by atoms with Crippen molar-refractivity contribution >= 4 is 5.91 Å². The maximum absolute atomic E-state index is 12.8. The van der Waals surface area contributed by atoms with Crippen LogP contribution in [0, 0.1) is 0 Å². The van der Waals surface area contributed by atoms with Gasteiger partial charge in [0.1, 0.15) is 0 Å². The van der Waals surface area contributed by atoms with Crippen molar-refractivity contribution in [2.24, 2.45) is 0 Å². The zero-order valence-electron chi connectivity index (χ0n) is 18.5. The van der Waals surface area contributed by atoms with E-state index in [-0.39, 0.29) is 17.9 Å². The Hall–Kier alpha value is -2.95. The number of hydrogen-bond acceptors (Lipinski definition) is 3. The summed E-state index contributed by atoms with van der Waals surface area (Å²) >= 11 is 0. The zero-order valence-corrected chi connectivity index (χ0v) is 18.5. The second-order valence-electron chi connectivity index (χ2n) is 8.68. The van der Waals surface area contributed by atoms with Crippen LogP contribution in [0.3, 0.4) is 0 Å². The second-order valence-corrected chi connectivity index (χ2v) is 8.68. The average molecular weight is 429 g/mol. The number of likely N-dealkylation sites (tertiary alicyclic amines) is 1. The summed E-state index contributed by atoms with van der Waals surface area (Å²) in [6, 6.07) is 28.9. The minimum Gasteiger partial charge on any atom is -0.393 e. The molecule has 4 nitrogen and oxygen atoms in total. The van der Waals surface area contributed by atoms with Gasteiger partial charge in [0.05, 0.1) is 6.10 Å². The molecule has 1 aliphatic rings. The molecule has 1 amide bonds. The van der Waals surface area contributed by atoms with Crippen molar-refractivity contribution in [1.29, 1.82) is 0 Å². The fourth-order valence-corrected chi connectivity index (χ4v) is 4.36. The molecule has 32 heavy (non-hydrogen) atoms. The van der Waals surface area contributed by atoms with Gasteiger partial charge in [-0.1, -0.05) is 84.9 Å². The highest BCUT2D eigenvalue weighted by atomic mass is 16.3. The molecule has 0 aliphatic carbocycles. The van der Waals surface area contributed by atoms with Crippen LogP contribution in [0.1, 0.15) is 47.4 Å².